The van der Waals surface area contributed by atoms with Crippen molar-refractivity contribution in [2.45, 2.75) is 83.0 Å². The molecule has 1 aliphatic rings. The van der Waals surface area contributed by atoms with Crippen molar-refractivity contribution in [1.82, 2.24) is 15.5 Å². The number of unbranched alkanes of at least 4 members (excludes halogenated alkanes) is 1. The summed E-state index contributed by atoms with van der Waals surface area (Å²) < 4.78 is 0. The lowest BCUT2D eigenvalue weighted by atomic mass is 10.0. The fourth-order valence-corrected chi connectivity index (χ4v) is 3.77. The molecule has 12 nitrogen and oxygen atoms in total. The summed E-state index contributed by atoms with van der Waals surface area (Å²) >= 11 is 0. The van der Waals surface area contributed by atoms with Crippen molar-refractivity contribution in [3.05, 3.63) is 0 Å². The first-order chi connectivity index (χ1) is 15.5. The van der Waals surface area contributed by atoms with E-state index >= 15 is 0 Å². The highest BCUT2D eigenvalue weighted by atomic mass is 16.4. The molecule has 8 N–H and O–H groups in total. The van der Waals surface area contributed by atoms with E-state index in [-0.39, 0.29) is 25.3 Å². The minimum absolute atomic E-state index is 0.0462. The number of nitrogens with zero attached hydrogens (tertiary/aromatic N) is 1. The van der Waals surface area contributed by atoms with Crippen LogP contribution in [-0.4, -0.2) is 82.0 Å². The Bertz CT molecular complexity index is 715. The van der Waals surface area contributed by atoms with Crippen molar-refractivity contribution in [2.24, 2.45) is 17.4 Å². The molecular weight excluding hydrogens is 434 g/mol. The van der Waals surface area contributed by atoms with E-state index in [0.717, 1.165) is 0 Å². The van der Waals surface area contributed by atoms with Gasteiger partial charge in [0.2, 0.25) is 17.7 Å². The van der Waals surface area contributed by atoms with Gasteiger partial charge in [0.25, 0.3) is 0 Å². The zero-order chi connectivity index (χ0) is 25.1. The molecule has 0 spiro atoms. The monoisotopic (exact) mass is 471 g/mol. The maximum Gasteiger partial charge on any atom is 0.326 e. The molecule has 1 saturated heterocycles. The molecule has 188 valence electrons. The lowest BCUT2D eigenvalue weighted by Crippen LogP contribution is -2.57. The van der Waals surface area contributed by atoms with Gasteiger partial charge < -0.3 is 37.2 Å². The molecule has 3 amide bonds. The van der Waals surface area contributed by atoms with Crippen LogP contribution >= 0.6 is 0 Å². The molecule has 0 aliphatic carbocycles. The van der Waals surface area contributed by atoms with E-state index in [1.807, 2.05) is 13.8 Å². The van der Waals surface area contributed by atoms with Crippen LogP contribution in [0.1, 0.15) is 58.8 Å². The summed E-state index contributed by atoms with van der Waals surface area (Å²) in [6.45, 7) is 4.37. The Labute approximate surface area is 193 Å². The molecule has 4 atom stereocenters. The van der Waals surface area contributed by atoms with Gasteiger partial charge in [-0.05, 0) is 51.0 Å². The smallest absolute Gasteiger partial charge is 0.326 e. The largest absolute Gasteiger partial charge is 0.481 e. The number of hydrogen-bond donors (Lipinski definition) is 6. The predicted octanol–water partition coefficient (Wildman–Crippen LogP) is -0.991. The Balaban J connectivity index is 2.94. The number of amides is 3. The van der Waals surface area contributed by atoms with Gasteiger partial charge in [0, 0.05) is 6.54 Å². The standard InChI is InChI=1S/C21H37N5O7/c1-12(2)10-15(21(32)33)25-19(30)16-7-5-9-26(16)20(31)14(6-3-4-8-22)24-18(29)13(23)11-17(27)28/h12-16H,3-11,22-23H2,1-2H3,(H,24,29)(H,25,30)(H,27,28)(H,32,33). The molecule has 1 aliphatic heterocycles. The van der Waals surface area contributed by atoms with Gasteiger partial charge in [-0.2, -0.15) is 0 Å². The maximum absolute atomic E-state index is 13.3. The van der Waals surface area contributed by atoms with Crippen LogP contribution in [0.15, 0.2) is 0 Å². The van der Waals surface area contributed by atoms with Crippen molar-refractivity contribution in [1.29, 1.82) is 0 Å². The first-order valence-corrected chi connectivity index (χ1v) is 11.3. The van der Waals surface area contributed by atoms with Crippen molar-refractivity contribution < 1.29 is 34.2 Å². The number of carbonyl (C=O) groups excluding carboxylic acids is 3. The summed E-state index contributed by atoms with van der Waals surface area (Å²) in [5, 5.41) is 23.3. The first-order valence-electron chi connectivity index (χ1n) is 11.3. The lowest BCUT2D eigenvalue weighted by Gasteiger charge is -2.30. The highest BCUT2D eigenvalue weighted by Gasteiger charge is 2.39. The number of carboxylic acids is 2. The third-order valence-electron chi connectivity index (χ3n) is 5.45. The van der Waals surface area contributed by atoms with Crippen molar-refractivity contribution >= 4 is 29.7 Å². The van der Waals surface area contributed by atoms with Crippen molar-refractivity contribution in [3.63, 3.8) is 0 Å². The van der Waals surface area contributed by atoms with Gasteiger partial charge in [-0.3, -0.25) is 19.2 Å². The summed E-state index contributed by atoms with van der Waals surface area (Å²) in [6, 6.07) is -4.24. The molecule has 0 aromatic rings. The number of hydrogen-bond acceptors (Lipinski definition) is 7. The second-order valence-corrected chi connectivity index (χ2v) is 8.77. The van der Waals surface area contributed by atoms with E-state index in [4.69, 9.17) is 16.6 Å². The summed E-state index contributed by atoms with van der Waals surface area (Å²) in [5.74, 6) is -4.15. The molecule has 0 aromatic heterocycles. The van der Waals surface area contributed by atoms with Crippen molar-refractivity contribution in [2.75, 3.05) is 13.1 Å². The summed E-state index contributed by atoms with van der Waals surface area (Å²) in [5.41, 5.74) is 11.1. The van der Waals surface area contributed by atoms with E-state index in [1.54, 1.807) is 0 Å². The number of nitrogens with one attached hydrogen (secondary N) is 2. The Morgan fingerprint density at radius 2 is 1.73 bits per heavy atom. The zero-order valence-corrected chi connectivity index (χ0v) is 19.3. The quantitative estimate of drug-likeness (QED) is 0.172. The van der Waals surface area contributed by atoms with Gasteiger partial charge in [-0.15, -0.1) is 0 Å². The third-order valence-corrected chi connectivity index (χ3v) is 5.45. The van der Waals surface area contributed by atoms with Gasteiger partial charge >= 0.3 is 11.9 Å². The number of aliphatic carboxylic acids is 2. The van der Waals surface area contributed by atoms with Crippen LogP contribution < -0.4 is 22.1 Å². The van der Waals surface area contributed by atoms with Crippen LogP contribution in [0.3, 0.4) is 0 Å². The molecule has 0 saturated carbocycles. The van der Waals surface area contributed by atoms with Crippen LogP contribution in [0.2, 0.25) is 0 Å². The minimum Gasteiger partial charge on any atom is -0.481 e. The fourth-order valence-electron chi connectivity index (χ4n) is 3.77. The topological polar surface area (TPSA) is 205 Å². The first kappa shape index (κ1) is 28.3. The minimum atomic E-state index is -1.32. The van der Waals surface area contributed by atoms with Crippen LogP contribution in [0, 0.1) is 5.92 Å². The normalized spacial score (nSPS) is 18.5. The number of carbonyl (C=O) groups is 5. The molecule has 33 heavy (non-hydrogen) atoms. The predicted molar refractivity (Wildman–Crippen MR) is 119 cm³/mol. The molecule has 1 rings (SSSR count). The summed E-state index contributed by atoms with van der Waals surface area (Å²) in [4.78, 5) is 62.1. The SMILES string of the molecule is CC(C)CC(NC(=O)C1CCCN1C(=O)C(CCCCN)NC(=O)C(N)CC(=O)O)C(=O)O. The van der Waals surface area contributed by atoms with E-state index in [9.17, 15) is 29.1 Å². The number of nitrogens with two attached hydrogens (primary N) is 2. The Morgan fingerprint density at radius 1 is 1.06 bits per heavy atom. The number of rotatable bonds is 14. The van der Waals surface area contributed by atoms with E-state index in [2.05, 4.69) is 10.6 Å². The molecule has 0 radical (unpaired) electrons. The van der Waals surface area contributed by atoms with Gasteiger partial charge in [0.05, 0.1) is 12.5 Å². The fraction of sp³-hybridized carbons (Fsp3) is 0.762. The average molecular weight is 472 g/mol. The highest BCUT2D eigenvalue weighted by Crippen LogP contribution is 2.20. The summed E-state index contributed by atoms with van der Waals surface area (Å²) in [6.07, 6.45) is 1.97. The zero-order valence-electron chi connectivity index (χ0n) is 19.3. The molecule has 12 heteroatoms. The number of carboxylic acid groups (broad SMARTS) is 2. The highest BCUT2D eigenvalue weighted by molar-refractivity contribution is 5.95. The number of likely N-dealkylation sites (tertiary alicyclic amines) is 1. The van der Waals surface area contributed by atoms with E-state index in [1.165, 1.54) is 4.90 Å². The van der Waals surface area contributed by atoms with Crippen LogP contribution in [0.25, 0.3) is 0 Å². The van der Waals surface area contributed by atoms with Gasteiger partial charge in [0.15, 0.2) is 0 Å². The Hall–Kier alpha value is -2.73. The molecule has 0 bridgehead atoms. The molecule has 4 unspecified atom stereocenters. The second-order valence-electron chi connectivity index (χ2n) is 8.77. The Morgan fingerprint density at radius 3 is 2.27 bits per heavy atom. The van der Waals surface area contributed by atoms with Gasteiger partial charge in [-0.25, -0.2) is 4.79 Å². The van der Waals surface area contributed by atoms with Crippen LogP contribution in [0.5, 0.6) is 0 Å². The Kier molecular flexibility index (Phi) is 11.8. The van der Waals surface area contributed by atoms with E-state index in [0.29, 0.717) is 32.2 Å². The van der Waals surface area contributed by atoms with E-state index < -0.39 is 60.2 Å². The molecule has 1 fully saturated rings. The second kappa shape index (κ2) is 13.7. The van der Waals surface area contributed by atoms with Crippen LogP contribution in [-0.2, 0) is 24.0 Å². The summed E-state index contributed by atoms with van der Waals surface area (Å²) in [7, 11) is 0. The average Bonchev–Trinajstić information content (AvgIpc) is 3.21. The lowest BCUT2D eigenvalue weighted by molar-refractivity contribution is -0.145. The maximum atomic E-state index is 13.3. The van der Waals surface area contributed by atoms with Crippen molar-refractivity contribution in [3.8, 4) is 0 Å². The van der Waals surface area contributed by atoms with Gasteiger partial charge in [-0.1, -0.05) is 13.8 Å². The van der Waals surface area contributed by atoms with Gasteiger partial charge in [0.1, 0.15) is 18.1 Å². The molecule has 0 aromatic carbocycles. The molecular formula is C21H37N5O7. The molecule has 1 heterocycles. The van der Waals surface area contributed by atoms with Crippen LogP contribution in [0.4, 0.5) is 0 Å². The third kappa shape index (κ3) is 9.34.